The summed E-state index contributed by atoms with van der Waals surface area (Å²) in [6, 6.07) is 14.4. The van der Waals surface area contributed by atoms with Gasteiger partial charge in [0.2, 0.25) is 0 Å². The summed E-state index contributed by atoms with van der Waals surface area (Å²) in [6.07, 6.45) is 3.18. The first-order valence-corrected chi connectivity index (χ1v) is 11.0. The number of hydrogen-bond donors (Lipinski definition) is 1. The van der Waals surface area contributed by atoms with Crippen molar-refractivity contribution in [2.75, 3.05) is 20.7 Å². The predicted molar refractivity (Wildman–Crippen MR) is 101 cm³/mol. The molecule has 4 nitrogen and oxygen atoms in total. The summed E-state index contributed by atoms with van der Waals surface area (Å²) in [6.45, 7) is 1.55. The van der Waals surface area contributed by atoms with Gasteiger partial charge in [0.1, 0.15) is 0 Å². The quantitative estimate of drug-likeness (QED) is 0.678. The van der Waals surface area contributed by atoms with Gasteiger partial charge in [-0.05, 0) is 0 Å². The van der Waals surface area contributed by atoms with E-state index in [-0.39, 0.29) is 6.29 Å². The summed E-state index contributed by atoms with van der Waals surface area (Å²) < 4.78 is 14.2. The van der Waals surface area contributed by atoms with Gasteiger partial charge in [-0.15, -0.1) is 0 Å². The number of phenolic OH excluding ortho intramolecular Hbond substituents is 1. The fourth-order valence-corrected chi connectivity index (χ4v) is 5.29. The maximum absolute atomic E-state index is 10.0. The Hall–Kier alpha value is -1.25. The van der Waals surface area contributed by atoms with Gasteiger partial charge in [-0.3, -0.25) is 0 Å². The number of rotatable bonds is 6. The molecule has 5 heteroatoms. The average molecular weight is 455 g/mol. The standard InChI is InChI=1S/C20H25NO3Te/c1-21(2)14-15-13-18(10-11-19(15)22)25-17-8-6-16(7-9-17)24-20-5-3-4-12-23-20/h6-11,13,20,22H,3-5,12,14H2,1-2H3. The van der Waals surface area contributed by atoms with Crippen molar-refractivity contribution in [3.63, 3.8) is 0 Å². The van der Waals surface area contributed by atoms with Gasteiger partial charge in [-0.2, -0.15) is 0 Å². The molecule has 1 aliphatic rings. The fourth-order valence-electron chi connectivity index (χ4n) is 2.77. The van der Waals surface area contributed by atoms with Crippen molar-refractivity contribution in [2.24, 2.45) is 0 Å². The molecule has 1 unspecified atom stereocenters. The summed E-state index contributed by atoms with van der Waals surface area (Å²) in [5, 5.41) is 10.0. The summed E-state index contributed by atoms with van der Waals surface area (Å²) in [5.74, 6) is 1.25. The molecule has 1 heterocycles. The maximum atomic E-state index is 10.0. The molecular weight excluding hydrogens is 430 g/mol. The van der Waals surface area contributed by atoms with Crippen molar-refractivity contribution in [2.45, 2.75) is 32.1 Å². The minimum absolute atomic E-state index is 0.0956. The van der Waals surface area contributed by atoms with Crippen molar-refractivity contribution < 1.29 is 14.6 Å². The van der Waals surface area contributed by atoms with Crippen LogP contribution in [0, 0.1) is 0 Å². The summed E-state index contributed by atoms with van der Waals surface area (Å²) in [7, 11) is 4.02. The Labute approximate surface area is 159 Å². The van der Waals surface area contributed by atoms with Crippen molar-refractivity contribution in [1.29, 1.82) is 0 Å². The Morgan fingerprint density at radius 2 is 1.88 bits per heavy atom. The van der Waals surface area contributed by atoms with Gasteiger partial charge < -0.3 is 0 Å². The van der Waals surface area contributed by atoms with Gasteiger partial charge in [0.25, 0.3) is 0 Å². The zero-order chi connectivity index (χ0) is 17.6. The molecule has 1 N–H and O–H groups in total. The van der Waals surface area contributed by atoms with E-state index in [1.54, 1.807) is 0 Å². The Bertz CT molecular complexity index is 682. The molecule has 2 aromatic rings. The Morgan fingerprint density at radius 1 is 1.12 bits per heavy atom. The molecule has 0 aromatic heterocycles. The van der Waals surface area contributed by atoms with E-state index >= 15 is 0 Å². The zero-order valence-electron chi connectivity index (χ0n) is 14.8. The van der Waals surface area contributed by atoms with Gasteiger partial charge in [-0.25, -0.2) is 0 Å². The normalized spacial score (nSPS) is 17.6. The summed E-state index contributed by atoms with van der Waals surface area (Å²) in [5.41, 5.74) is 0.988. The van der Waals surface area contributed by atoms with Crippen LogP contribution in [0.2, 0.25) is 0 Å². The van der Waals surface area contributed by atoms with E-state index in [2.05, 4.69) is 23.1 Å². The van der Waals surface area contributed by atoms with Crippen molar-refractivity contribution in [3.05, 3.63) is 48.0 Å². The molecule has 0 aliphatic carbocycles. The molecular formula is C20H25NO3Te. The number of phenols is 1. The number of benzene rings is 2. The van der Waals surface area contributed by atoms with Gasteiger partial charge in [-0.1, -0.05) is 0 Å². The second kappa shape index (κ2) is 8.91. The third-order valence-corrected chi connectivity index (χ3v) is 6.85. The molecule has 0 radical (unpaired) electrons. The molecule has 1 aliphatic heterocycles. The van der Waals surface area contributed by atoms with Crippen LogP contribution in [0.4, 0.5) is 0 Å². The van der Waals surface area contributed by atoms with Crippen LogP contribution in [0.1, 0.15) is 24.8 Å². The predicted octanol–water partition coefficient (Wildman–Crippen LogP) is 2.01. The van der Waals surface area contributed by atoms with E-state index in [0.717, 1.165) is 37.3 Å². The van der Waals surface area contributed by atoms with Crippen LogP contribution in [0.25, 0.3) is 0 Å². The molecule has 3 rings (SSSR count). The van der Waals surface area contributed by atoms with Crippen molar-refractivity contribution >= 4 is 28.1 Å². The Morgan fingerprint density at radius 3 is 2.56 bits per heavy atom. The van der Waals surface area contributed by atoms with Gasteiger partial charge in [0, 0.05) is 0 Å². The third-order valence-electron chi connectivity index (χ3n) is 4.00. The van der Waals surface area contributed by atoms with Gasteiger partial charge in [0.05, 0.1) is 0 Å². The number of hydrogen-bond acceptors (Lipinski definition) is 4. The van der Waals surface area contributed by atoms with E-state index in [9.17, 15) is 5.11 Å². The minimum atomic E-state index is -0.479. The van der Waals surface area contributed by atoms with Gasteiger partial charge in [0.15, 0.2) is 0 Å². The van der Waals surface area contributed by atoms with E-state index in [0.29, 0.717) is 5.75 Å². The average Bonchev–Trinajstić information content (AvgIpc) is 2.60. The van der Waals surface area contributed by atoms with Crippen LogP contribution in [0.15, 0.2) is 42.5 Å². The number of nitrogens with zero attached hydrogens (tertiary/aromatic N) is 1. The molecule has 25 heavy (non-hydrogen) atoms. The topological polar surface area (TPSA) is 41.9 Å². The van der Waals surface area contributed by atoms with Crippen LogP contribution in [-0.4, -0.2) is 57.9 Å². The van der Waals surface area contributed by atoms with Gasteiger partial charge >= 0.3 is 160 Å². The number of aromatic hydroxyl groups is 1. The summed E-state index contributed by atoms with van der Waals surface area (Å²) in [4.78, 5) is 2.07. The van der Waals surface area contributed by atoms with E-state index in [1.165, 1.54) is 13.6 Å². The first-order valence-electron chi connectivity index (χ1n) is 8.63. The van der Waals surface area contributed by atoms with Crippen molar-refractivity contribution in [1.82, 2.24) is 4.90 Å². The molecule has 2 aromatic carbocycles. The van der Waals surface area contributed by atoms with Crippen LogP contribution in [-0.2, 0) is 11.3 Å². The Balaban J connectivity index is 1.63. The SMILES string of the molecule is CN(C)Cc1cc([Te]c2ccc(OC3CCCCO3)cc2)ccc1O. The molecule has 1 fully saturated rings. The fraction of sp³-hybridized carbons (Fsp3) is 0.400. The molecule has 134 valence electrons. The van der Waals surface area contributed by atoms with Crippen LogP contribution >= 0.6 is 0 Å². The molecule has 0 amide bonds. The summed E-state index contributed by atoms with van der Waals surface area (Å²) >= 11 is -0.479. The number of ether oxygens (including phenoxy) is 2. The molecule has 1 atom stereocenters. The molecule has 0 spiro atoms. The second-order valence-electron chi connectivity index (χ2n) is 6.52. The molecule has 1 saturated heterocycles. The van der Waals surface area contributed by atoms with E-state index in [1.807, 2.05) is 38.4 Å². The second-order valence-corrected chi connectivity index (χ2v) is 9.79. The van der Waals surface area contributed by atoms with Crippen LogP contribution in [0.5, 0.6) is 11.5 Å². The Kier molecular flexibility index (Phi) is 6.61. The molecule has 0 saturated carbocycles. The van der Waals surface area contributed by atoms with Crippen molar-refractivity contribution in [3.8, 4) is 11.5 Å². The van der Waals surface area contributed by atoms with E-state index < -0.39 is 20.9 Å². The van der Waals surface area contributed by atoms with Crippen LogP contribution in [0.3, 0.4) is 0 Å². The molecule has 0 bridgehead atoms. The third kappa shape index (κ3) is 5.62. The van der Waals surface area contributed by atoms with Crippen LogP contribution < -0.4 is 12.0 Å². The van der Waals surface area contributed by atoms with E-state index in [4.69, 9.17) is 9.47 Å². The monoisotopic (exact) mass is 457 g/mol. The first kappa shape index (κ1) is 18.5. The zero-order valence-corrected chi connectivity index (χ0v) is 17.1. The first-order chi connectivity index (χ1) is 12.1.